The number of rotatable bonds is 2. The number of nitrogens with zero attached hydrogens (tertiary/aromatic N) is 2. The van der Waals surface area contributed by atoms with E-state index in [1.165, 1.54) is 17.4 Å². The normalized spacial score (nSPS) is 16.6. The molecule has 5 nitrogen and oxygen atoms in total. The lowest BCUT2D eigenvalue weighted by Gasteiger charge is -2.26. The lowest BCUT2D eigenvalue weighted by molar-refractivity contribution is -0.140. The van der Waals surface area contributed by atoms with Gasteiger partial charge in [0, 0.05) is 38.6 Å². The third-order valence-electron chi connectivity index (χ3n) is 4.77. The number of aromatic amines is 1. The summed E-state index contributed by atoms with van der Waals surface area (Å²) >= 11 is 4.70. The number of thiophene rings is 1. The van der Waals surface area contributed by atoms with Crippen molar-refractivity contribution in [1.82, 2.24) is 20.5 Å². The maximum atomic E-state index is 13.0. The number of halogens is 4. The van der Waals surface area contributed by atoms with Gasteiger partial charge >= 0.3 is 6.18 Å². The molecule has 1 atom stereocenters. The monoisotopic (exact) mass is 479 g/mol. The molecule has 0 saturated carbocycles. The third kappa shape index (κ3) is 3.30. The number of pyridine rings is 1. The Hall–Kier alpha value is -2.43. The molecule has 148 valence electrons. The summed E-state index contributed by atoms with van der Waals surface area (Å²) in [6.07, 6.45) is -2.87. The summed E-state index contributed by atoms with van der Waals surface area (Å²) < 4.78 is 39.9. The van der Waals surface area contributed by atoms with E-state index < -0.39 is 11.9 Å². The lowest BCUT2D eigenvalue weighted by atomic mass is 10.0. The fourth-order valence-corrected chi connectivity index (χ4v) is 4.75. The van der Waals surface area contributed by atoms with Crippen LogP contribution < -0.4 is 10.6 Å². The minimum atomic E-state index is -4.46. The van der Waals surface area contributed by atoms with Crippen LogP contribution >= 0.6 is 27.3 Å². The van der Waals surface area contributed by atoms with Gasteiger partial charge in [0.05, 0.1) is 11.4 Å². The Labute approximate surface area is 175 Å². The van der Waals surface area contributed by atoms with Crippen molar-refractivity contribution in [2.45, 2.75) is 18.9 Å². The van der Waals surface area contributed by atoms with Crippen LogP contribution in [-0.2, 0) is 12.7 Å². The third-order valence-corrected chi connectivity index (χ3v) is 6.40. The topological polar surface area (TPSA) is 65.6 Å². The lowest BCUT2D eigenvalue weighted by Crippen LogP contribution is -2.31. The van der Waals surface area contributed by atoms with Gasteiger partial charge < -0.3 is 5.32 Å². The number of hydrogen-bond donors (Lipinski definition) is 3. The van der Waals surface area contributed by atoms with Crippen LogP contribution in [0.2, 0.25) is 0 Å². The molecule has 1 aliphatic rings. The number of H-pyrrole nitrogens is 1. The standard InChI is InChI=1S/C19H13BrF3N5S/c20-10-3-1-9(2-4-10)15-12(7-25-28-15)17-24-8-13-16(27-17)11-5-6-14(19(21,22)23)26-18(11)29-13/h1-7,17,24,27H,8H2,(H,25,28). The van der Waals surface area contributed by atoms with Crippen molar-refractivity contribution in [1.29, 1.82) is 0 Å². The van der Waals surface area contributed by atoms with Crippen LogP contribution in [0, 0.1) is 0 Å². The highest BCUT2D eigenvalue weighted by molar-refractivity contribution is 9.10. The second-order valence-corrected chi connectivity index (χ2v) is 8.60. The maximum absolute atomic E-state index is 13.0. The van der Waals surface area contributed by atoms with E-state index in [-0.39, 0.29) is 6.17 Å². The molecule has 0 amide bonds. The first-order valence-electron chi connectivity index (χ1n) is 8.69. The Morgan fingerprint density at radius 2 is 1.90 bits per heavy atom. The van der Waals surface area contributed by atoms with Gasteiger partial charge in [-0.25, -0.2) is 4.98 Å². The van der Waals surface area contributed by atoms with Crippen LogP contribution in [0.4, 0.5) is 18.9 Å². The predicted octanol–water partition coefficient (Wildman–Crippen LogP) is 5.68. The second kappa shape index (κ2) is 6.82. The van der Waals surface area contributed by atoms with Crippen molar-refractivity contribution < 1.29 is 13.2 Å². The largest absolute Gasteiger partial charge is 0.433 e. The van der Waals surface area contributed by atoms with Gasteiger partial charge in [0.25, 0.3) is 0 Å². The van der Waals surface area contributed by atoms with E-state index in [9.17, 15) is 13.2 Å². The van der Waals surface area contributed by atoms with Crippen molar-refractivity contribution >= 4 is 43.2 Å². The summed E-state index contributed by atoms with van der Waals surface area (Å²) in [5, 5.41) is 14.8. The molecule has 10 heteroatoms. The summed E-state index contributed by atoms with van der Waals surface area (Å²) in [4.78, 5) is 5.12. The quantitative estimate of drug-likeness (QED) is 0.346. The van der Waals surface area contributed by atoms with Crippen molar-refractivity contribution in [2.75, 3.05) is 5.32 Å². The van der Waals surface area contributed by atoms with E-state index in [4.69, 9.17) is 0 Å². The highest BCUT2D eigenvalue weighted by Gasteiger charge is 2.33. The number of nitrogens with one attached hydrogen (secondary N) is 3. The van der Waals surface area contributed by atoms with Crippen LogP contribution in [0.25, 0.3) is 21.5 Å². The molecule has 29 heavy (non-hydrogen) atoms. The van der Waals surface area contributed by atoms with Gasteiger partial charge in [0.1, 0.15) is 16.7 Å². The van der Waals surface area contributed by atoms with Crippen LogP contribution in [0.3, 0.4) is 0 Å². The Kier molecular flexibility index (Phi) is 4.37. The fraction of sp³-hybridized carbons (Fsp3) is 0.158. The van der Waals surface area contributed by atoms with Crippen LogP contribution in [0.15, 0.2) is 47.1 Å². The van der Waals surface area contributed by atoms with Crippen LogP contribution in [-0.4, -0.2) is 15.2 Å². The van der Waals surface area contributed by atoms with E-state index in [0.717, 1.165) is 37.9 Å². The number of hydrogen-bond acceptors (Lipinski definition) is 5. The molecular formula is C19H13BrF3N5S. The molecule has 1 aliphatic heterocycles. The average Bonchev–Trinajstić information content (AvgIpc) is 3.31. The van der Waals surface area contributed by atoms with Crippen LogP contribution in [0.1, 0.15) is 22.3 Å². The molecule has 0 bridgehead atoms. The Morgan fingerprint density at radius 3 is 2.66 bits per heavy atom. The molecular weight excluding hydrogens is 467 g/mol. The van der Waals surface area contributed by atoms with Crippen molar-refractivity contribution in [3.05, 3.63) is 63.2 Å². The summed E-state index contributed by atoms with van der Waals surface area (Å²) in [7, 11) is 0. The van der Waals surface area contributed by atoms with Gasteiger partial charge in [-0.1, -0.05) is 28.1 Å². The first-order valence-corrected chi connectivity index (χ1v) is 10.3. The van der Waals surface area contributed by atoms with Crippen LogP contribution in [0.5, 0.6) is 0 Å². The molecule has 0 fully saturated rings. The number of benzene rings is 1. The molecule has 4 aromatic rings. The number of alkyl halides is 3. The molecule has 0 aliphatic carbocycles. The van der Waals surface area contributed by atoms with Gasteiger partial charge in [0.15, 0.2) is 0 Å². The van der Waals surface area contributed by atoms with Crippen molar-refractivity contribution in [2.24, 2.45) is 0 Å². The molecule has 0 radical (unpaired) electrons. The fourth-order valence-electron chi connectivity index (χ4n) is 3.40. The maximum Gasteiger partial charge on any atom is 0.433 e. The zero-order chi connectivity index (χ0) is 20.2. The molecule has 1 aromatic carbocycles. The van der Waals surface area contributed by atoms with Gasteiger partial charge in [-0.05, 0) is 24.3 Å². The van der Waals surface area contributed by atoms with Crippen molar-refractivity contribution in [3.63, 3.8) is 0 Å². The molecule has 1 unspecified atom stereocenters. The first kappa shape index (κ1) is 18.6. The van der Waals surface area contributed by atoms with E-state index in [2.05, 4.69) is 41.7 Å². The average molecular weight is 480 g/mol. The summed E-state index contributed by atoms with van der Waals surface area (Å²) in [6.45, 7) is 0.528. The molecule has 4 heterocycles. The van der Waals surface area contributed by atoms with Gasteiger partial charge in [-0.3, -0.25) is 10.4 Å². The SMILES string of the molecule is FC(F)(F)c1ccc2c3c(sc2n1)CNC(c1c[nH]nc1-c1ccc(Br)cc1)N3. The zero-order valence-electron chi connectivity index (χ0n) is 14.6. The smallest absolute Gasteiger partial charge is 0.364 e. The minimum absolute atomic E-state index is 0.236. The van der Waals surface area contributed by atoms with E-state index in [1.54, 1.807) is 0 Å². The van der Waals surface area contributed by atoms with Gasteiger partial charge in [-0.15, -0.1) is 11.3 Å². The molecule has 5 rings (SSSR count). The minimum Gasteiger partial charge on any atom is -0.364 e. The van der Waals surface area contributed by atoms with E-state index in [0.29, 0.717) is 16.8 Å². The highest BCUT2D eigenvalue weighted by Crippen LogP contribution is 2.41. The first-order chi connectivity index (χ1) is 13.9. The van der Waals surface area contributed by atoms with E-state index >= 15 is 0 Å². The summed E-state index contributed by atoms with van der Waals surface area (Å²) in [5.74, 6) is 0. The zero-order valence-corrected chi connectivity index (χ0v) is 17.0. The van der Waals surface area contributed by atoms with Gasteiger partial charge in [-0.2, -0.15) is 18.3 Å². The van der Waals surface area contributed by atoms with Crippen molar-refractivity contribution in [3.8, 4) is 11.3 Å². The Balaban J connectivity index is 1.50. The highest BCUT2D eigenvalue weighted by atomic mass is 79.9. The Morgan fingerprint density at radius 1 is 1.10 bits per heavy atom. The molecule has 0 saturated heterocycles. The molecule has 0 spiro atoms. The van der Waals surface area contributed by atoms with E-state index in [1.807, 2.05) is 30.5 Å². The van der Waals surface area contributed by atoms with Gasteiger partial charge in [0.2, 0.25) is 0 Å². The summed E-state index contributed by atoms with van der Waals surface area (Å²) in [5.41, 5.74) is 2.64. The second-order valence-electron chi connectivity index (χ2n) is 6.60. The number of fused-ring (bicyclic) bond motifs is 3. The molecule has 3 aromatic heterocycles. The predicted molar refractivity (Wildman–Crippen MR) is 110 cm³/mol. The number of anilines is 1. The Bertz CT molecular complexity index is 1200. The number of aromatic nitrogens is 3. The molecule has 3 N–H and O–H groups in total. The summed E-state index contributed by atoms with van der Waals surface area (Å²) in [6, 6.07) is 10.4.